The number of alkyl halides is 3. The van der Waals surface area contributed by atoms with Crippen LogP contribution in [-0.4, -0.2) is 0 Å². The average Bonchev–Trinajstić information content (AvgIpc) is 2.15. The van der Waals surface area contributed by atoms with Gasteiger partial charge in [-0.25, -0.2) is 0 Å². The van der Waals surface area contributed by atoms with Gasteiger partial charge in [-0.1, -0.05) is 25.4 Å². The second kappa shape index (κ2) is 5.27. The molecule has 0 amide bonds. The molecule has 1 aromatic carbocycles. The van der Waals surface area contributed by atoms with E-state index in [0.717, 1.165) is 12.1 Å². The average molecular weight is 266 g/mol. The zero-order valence-corrected chi connectivity index (χ0v) is 10.4. The SMILES string of the molecule is CC(C)C[C@H](N)c1cc(C(F)(F)F)ccc1Cl. The van der Waals surface area contributed by atoms with E-state index >= 15 is 0 Å². The molecule has 0 radical (unpaired) electrons. The molecule has 2 N–H and O–H groups in total. The first-order valence-corrected chi connectivity index (χ1v) is 5.72. The number of hydrogen-bond acceptors (Lipinski definition) is 1. The van der Waals surface area contributed by atoms with Crippen molar-refractivity contribution in [2.45, 2.75) is 32.5 Å². The first-order chi connectivity index (χ1) is 7.71. The largest absolute Gasteiger partial charge is 0.416 e. The number of rotatable bonds is 3. The highest BCUT2D eigenvalue weighted by atomic mass is 35.5. The lowest BCUT2D eigenvalue weighted by Gasteiger charge is -2.17. The predicted molar refractivity (Wildman–Crippen MR) is 62.8 cm³/mol. The third-order valence-corrected chi connectivity index (χ3v) is 2.79. The molecular formula is C12H15ClF3N. The summed E-state index contributed by atoms with van der Waals surface area (Å²) in [7, 11) is 0. The standard InChI is InChI=1S/C12H15ClF3N/c1-7(2)5-11(17)9-6-8(12(14,15)16)3-4-10(9)13/h3-4,6-7,11H,5,17H2,1-2H3/t11-/m0/s1. The van der Waals surface area contributed by atoms with Gasteiger partial charge in [-0.2, -0.15) is 13.2 Å². The number of benzene rings is 1. The van der Waals surface area contributed by atoms with Crippen LogP contribution in [0.2, 0.25) is 5.02 Å². The summed E-state index contributed by atoms with van der Waals surface area (Å²) in [5, 5.41) is 0.283. The minimum Gasteiger partial charge on any atom is -0.324 e. The Morgan fingerprint density at radius 2 is 1.88 bits per heavy atom. The molecule has 0 aliphatic heterocycles. The monoisotopic (exact) mass is 265 g/mol. The molecular weight excluding hydrogens is 251 g/mol. The van der Waals surface area contributed by atoms with Crippen LogP contribution in [0.1, 0.15) is 37.4 Å². The molecule has 1 aromatic rings. The summed E-state index contributed by atoms with van der Waals surface area (Å²) in [5.41, 5.74) is 5.50. The van der Waals surface area contributed by atoms with Gasteiger partial charge in [-0.05, 0) is 36.1 Å². The zero-order valence-electron chi connectivity index (χ0n) is 9.68. The minimum absolute atomic E-state index is 0.283. The highest BCUT2D eigenvalue weighted by Gasteiger charge is 2.31. The van der Waals surface area contributed by atoms with E-state index < -0.39 is 17.8 Å². The first kappa shape index (κ1) is 14.3. The molecule has 1 nitrogen and oxygen atoms in total. The van der Waals surface area contributed by atoms with E-state index in [9.17, 15) is 13.2 Å². The van der Waals surface area contributed by atoms with E-state index in [2.05, 4.69) is 0 Å². The van der Waals surface area contributed by atoms with Crippen molar-refractivity contribution in [3.05, 3.63) is 34.3 Å². The number of nitrogens with two attached hydrogens (primary N) is 1. The summed E-state index contributed by atoms with van der Waals surface area (Å²) in [6.07, 6.45) is -3.77. The van der Waals surface area contributed by atoms with Gasteiger partial charge in [0.15, 0.2) is 0 Å². The van der Waals surface area contributed by atoms with E-state index in [-0.39, 0.29) is 5.02 Å². The smallest absolute Gasteiger partial charge is 0.324 e. The lowest BCUT2D eigenvalue weighted by atomic mass is 9.96. The second-order valence-corrected chi connectivity index (χ2v) is 4.88. The quantitative estimate of drug-likeness (QED) is 0.861. The maximum atomic E-state index is 12.5. The normalized spacial score (nSPS) is 14.1. The Morgan fingerprint density at radius 1 is 1.29 bits per heavy atom. The van der Waals surface area contributed by atoms with E-state index in [4.69, 9.17) is 17.3 Å². The molecule has 0 bridgehead atoms. The summed E-state index contributed by atoms with van der Waals surface area (Å²) in [6.45, 7) is 3.92. The van der Waals surface area contributed by atoms with Gasteiger partial charge in [-0.15, -0.1) is 0 Å². The molecule has 0 aliphatic carbocycles. The van der Waals surface area contributed by atoms with Crippen molar-refractivity contribution in [3.8, 4) is 0 Å². The van der Waals surface area contributed by atoms with Crippen LogP contribution in [0.25, 0.3) is 0 Å². The Morgan fingerprint density at radius 3 is 2.35 bits per heavy atom. The van der Waals surface area contributed by atoms with Crippen LogP contribution in [0.4, 0.5) is 13.2 Å². The summed E-state index contributed by atoms with van der Waals surface area (Å²) in [6, 6.07) is 2.79. The summed E-state index contributed by atoms with van der Waals surface area (Å²) in [4.78, 5) is 0. The summed E-state index contributed by atoms with van der Waals surface area (Å²) in [5.74, 6) is 0.301. The Hall–Kier alpha value is -0.740. The molecule has 0 aromatic heterocycles. The third-order valence-electron chi connectivity index (χ3n) is 2.45. The first-order valence-electron chi connectivity index (χ1n) is 5.34. The van der Waals surface area contributed by atoms with Crippen LogP contribution in [0, 0.1) is 5.92 Å². The summed E-state index contributed by atoms with van der Waals surface area (Å²) < 4.78 is 37.6. The summed E-state index contributed by atoms with van der Waals surface area (Å²) >= 11 is 5.88. The van der Waals surface area contributed by atoms with Gasteiger partial charge in [0.05, 0.1) is 5.56 Å². The maximum absolute atomic E-state index is 12.5. The van der Waals surface area contributed by atoms with Gasteiger partial charge < -0.3 is 5.73 Å². The van der Waals surface area contributed by atoms with Gasteiger partial charge in [0.25, 0.3) is 0 Å². The predicted octanol–water partition coefficient (Wildman–Crippen LogP) is 4.40. The van der Waals surface area contributed by atoms with Crippen molar-refractivity contribution < 1.29 is 13.2 Å². The van der Waals surface area contributed by atoms with Crippen molar-refractivity contribution in [3.63, 3.8) is 0 Å². The van der Waals surface area contributed by atoms with E-state index in [1.54, 1.807) is 0 Å². The zero-order chi connectivity index (χ0) is 13.2. The minimum atomic E-state index is -4.36. The Balaban J connectivity index is 3.06. The molecule has 96 valence electrons. The van der Waals surface area contributed by atoms with E-state index in [0.29, 0.717) is 17.9 Å². The van der Waals surface area contributed by atoms with Gasteiger partial charge in [0, 0.05) is 11.1 Å². The van der Waals surface area contributed by atoms with Gasteiger partial charge in [0.2, 0.25) is 0 Å². The van der Waals surface area contributed by atoms with Crippen LogP contribution in [0.15, 0.2) is 18.2 Å². The fourth-order valence-corrected chi connectivity index (χ4v) is 1.90. The van der Waals surface area contributed by atoms with Crippen LogP contribution < -0.4 is 5.73 Å². The molecule has 5 heteroatoms. The molecule has 0 spiro atoms. The van der Waals surface area contributed by atoms with Crippen LogP contribution in [0.5, 0.6) is 0 Å². The fraction of sp³-hybridized carbons (Fsp3) is 0.500. The molecule has 17 heavy (non-hydrogen) atoms. The van der Waals surface area contributed by atoms with Crippen LogP contribution >= 0.6 is 11.6 Å². The number of halogens is 4. The van der Waals surface area contributed by atoms with Crippen LogP contribution in [0.3, 0.4) is 0 Å². The van der Waals surface area contributed by atoms with E-state index in [1.807, 2.05) is 13.8 Å². The molecule has 0 unspecified atom stereocenters. The molecule has 0 saturated heterocycles. The topological polar surface area (TPSA) is 26.0 Å². The van der Waals surface area contributed by atoms with Crippen molar-refractivity contribution >= 4 is 11.6 Å². The Kier molecular flexibility index (Phi) is 4.44. The Labute approximate surface area is 104 Å². The van der Waals surface area contributed by atoms with Crippen molar-refractivity contribution in [2.24, 2.45) is 11.7 Å². The van der Waals surface area contributed by atoms with Crippen molar-refractivity contribution in [1.29, 1.82) is 0 Å². The van der Waals surface area contributed by atoms with Gasteiger partial charge in [0.1, 0.15) is 0 Å². The number of hydrogen-bond donors (Lipinski definition) is 1. The lowest BCUT2D eigenvalue weighted by molar-refractivity contribution is -0.137. The Bertz CT molecular complexity index is 388. The van der Waals surface area contributed by atoms with Gasteiger partial charge in [-0.3, -0.25) is 0 Å². The molecule has 0 saturated carbocycles. The molecule has 1 atom stereocenters. The molecule has 0 heterocycles. The van der Waals surface area contributed by atoms with Crippen molar-refractivity contribution in [1.82, 2.24) is 0 Å². The highest BCUT2D eigenvalue weighted by molar-refractivity contribution is 6.31. The second-order valence-electron chi connectivity index (χ2n) is 4.47. The van der Waals surface area contributed by atoms with E-state index in [1.165, 1.54) is 6.07 Å². The lowest BCUT2D eigenvalue weighted by Crippen LogP contribution is -2.15. The van der Waals surface area contributed by atoms with Crippen molar-refractivity contribution in [2.75, 3.05) is 0 Å². The molecule has 0 fully saturated rings. The molecule has 0 aliphatic rings. The third kappa shape index (κ3) is 3.89. The van der Waals surface area contributed by atoms with Gasteiger partial charge >= 0.3 is 6.18 Å². The highest BCUT2D eigenvalue weighted by Crippen LogP contribution is 2.34. The maximum Gasteiger partial charge on any atom is 0.416 e. The molecule has 1 rings (SSSR count). The van der Waals surface area contributed by atoms with Crippen LogP contribution in [-0.2, 0) is 6.18 Å². The fourth-order valence-electron chi connectivity index (χ4n) is 1.64.